The maximum Gasteiger partial charge on any atom is 0.227 e. The average Bonchev–Trinajstić information content (AvgIpc) is 2.40. The summed E-state index contributed by atoms with van der Waals surface area (Å²) < 4.78 is 0. The molecule has 1 aromatic heterocycles. The van der Waals surface area contributed by atoms with E-state index in [1.165, 1.54) is 19.3 Å². The second kappa shape index (κ2) is 5.84. The highest BCUT2D eigenvalue weighted by atomic mass is 15.3. The molecular weight excluding hydrogens is 212 g/mol. The Morgan fingerprint density at radius 2 is 2.12 bits per heavy atom. The van der Waals surface area contributed by atoms with Gasteiger partial charge in [0.1, 0.15) is 5.82 Å². The number of hydrogen-bond acceptors (Lipinski definition) is 4. The Balaban J connectivity index is 2.05. The molecule has 0 bridgehead atoms. The largest absolute Gasteiger partial charge is 0.367 e. The molecule has 1 aliphatic heterocycles. The molecule has 0 amide bonds. The smallest absolute Gasteiger partial charge is 0.227 e. The highest BCUT2D eigenvalue weighted by Gasteiger charge is 2.13. The normalized spacial score (nSPS) is 17.9. The molecule has 0 aliphatic carbocycles. The van der Waals surface area contributed by atoms with Crippen LogP contribution in [-0.4, -0.2) is 29.1 Å². The molecule has 1 N–H and O–H groups in total. The Labute approximate surface area is 103 Å². The molecule has 2 rings (SSSR count). The van der Waals surface area contributed by atoms with Gasteiger partial charge in [0.15, 0.2) is 0 Å². The third kappa shape index (κ3) is 3.32. The van der Waals surface area contributed by atoms with Gasteiger partial charge >= 0.3 is 0 Å². The lowest BCUT2D eigenvalue weighted by atomic mass is 10.1. The van der Waals surface area contributed by atoms with Crippen molar-refractivity contribution in [3.05, 3.63) is 12.3 Å². The summed E-state index contributed by atoms with van der Waals surface area (Å²) in [5.41, 5.74) is 0. The van der Waals surface area contributed by atoms with E-state index in [-0.39, 0.29) is 0 Å². The molecule has 0 aromatic carbocycles. The fraction of sp³-hybridized carbons (Fsp3) is 0.692. The fourth-order valence-electron chi connectivity index (χ4n) is 2.03. The first-order valence-electron chi connectivity index (χ1n) is 6.64. The van der Waals surface area contributed by atoms with Crippen LogP contribution in [0.5, 0.6) is 0 Å². The SMILES string of the molecule is CCC(C)Nc1ccnc(N2CCCCC2)n1. The molecule has 1 atom stereocenters. The van der Waals surface area contributed by atoms with Crippen molar-refractivity contribution in [2.45, 2.75) is 45.6 Å². The molecule has 1 aliphatic rings. The summed E-state index contributed by atoms with van der Waals surface area (Å²) in [6.45, 7) is 6.52. The first-order valence-corrected chi connectivity index (χ1v) is 6.64. The van der Waals surface area contributed by atoms with Gasteiger partial charge in [0.05, 0.1) is 0 Å². The summed E-state index contributed by atoms with van der Waals surface area (Å²) in [5, 5.41) is 3.39. The van der Waals surface area contributed by atoms with E-state index < -0.39 is 0 Å². The Morgan fingerprint density at radius 3 is 2.82 bits per heavy atom. The minimum Gasteiger partial charge on any atom is -0.367 e. The second-order valence-corrected chi connectivity index (χ2v) is 4.74. The molecule has 94 valence electrons. The van der Waals surface area contributed by atoms with E-state index in [0.717, 1.165) is 31.3 Å². The minimum absolute atomic E-state index is 0.458. The Morgan fingerprint density at radius 1 is 1.35 bits per heavy atom. The number of nitrogens with one attached hydrogen (secondary N) is 1. The van der Waals surface area contributed by atoms with Crippen molar-refractivity contribution in [1.82, 2.24) is 9.97 Å². The molecule has 1 unspecified atom stereocenters. The van der Waals surface area contributed by atoms with Gasteiger partial charge in [-0.15, -0.1) is 0 Å². The summed E-state index contributed by atoms with van der Waals surface area (Å²) in [5.74, 6) is 1.81. The first kappa shape index (κ1) is 12.1. The number of piperidine rings is 1. The molecule has 0 saturated carbocycles. The molecule has 17 heavy (non-hydrogen) atoms. The number of rotatable bonds is 4. The van der Waals surface area contributed by atoms with E-state index >= 15 is 0 Å². The van der Waals surface area contributed by atoms with E-state index in [1.54, 1.807) is 0 Å². The Kier molecular flexibility index (Phi) is 4.18. The summed E-state index contributed by atoms with van der Waals surface area (Å²) >= 11 is 0. The number of nitrogens with zero attached hydrogens (tertiary/aromatic N) is 3. The van der Waals surface area contributed by atoms with Crippen molar-refractivity contribution in [3.8, 4) is 0 Å². The molecule has 4 nitrogen and oxygen atoms in total. The number of hydrogen-bond donors (Lipinski definition) is 1. The average molecular weight is 234 g/mol. The molecule has 1 saturated heterocycles. The topological polar surface area (TPSA) is 41.1 Å². The van der Waals surface area contributed by atoms with Gasteiger partial charge in [0.25, 0.3) is 0 Å². The number of anilines is 2. The summed E-state index contributed by atoms with van der Waals surface area (Å²) in [6.07, 6.45) is 6.80. The van der Waals surface area contributed by atoms with Crippen LogP contribution in [0.2, 0.25) is 0 Å². The van der Waals surface area contributed by atoms with Gasteiger partial charge in [-0.1, -0.05) is 6.92 Å². The second-order valence-electron chi connectivity index (χ2n) is 4.74. The van der Waals surface area contributed by atoms with Crippen molar-refractivity contribution in [2.24, 2.45) is 0 Å². The summed E-state index contributed by atoms with van der Waals surface area (Å²) in [6, 6.07) is 2.40. The third-order valence-electron chi connectivity index (χ3n) is 3.29. The zero-order valence-corrected chi connectivity index (χ0v) is 10.8. The van der Waals surface area contributed by atoms with Crippen LogP contribution in [0, 0.1) is 0 Å². The van der Waals surface area contributed by atoms with Crippen LogP contribution < -0.4 is 10.2 Å². The number of aromatic nitrogens is 2. The van der Waals surface area contributed by atoms with Gasteiger partial charge in [-0.25, -0.2) is 4.98 Å². The van der Waals surface area contributed by atoms with Crippen LogP contribution in [0.4, 0.5) is 11.8 Å². The molecule has 1 fully saturated rings. The Hall–Kier alpha value is -1.32. The van der Waals surface area contributed by atoms with Crippen LogP contribution in [0.3, 0.4) is 0 Å². The van der Waals surface area contributed by atoms with Crippen molar-refractivity contribution < 1.29 is 0 Å². The van der Waals surface area contributed by atoms with E-state index in [9.17, 15) is 0 Å². The fourth-order valence-corrected chi connectivity index (χ4v) is 2.03. The van der Waals surface area contributed by atoms with E-state index in [1.807, 2.05) is 12.3 Å². The zero-order chi connectivity index (χ0) is 12.1. The quantitative estimate of drug-likeness (QED) is 0.869. The summed E-state index contributed by atoms with van der Waals surface area (Å²) in [7, 11) is 0. The predicted molar refractivity (Wildman–Crippen MR) is 71.5 cm³/mol. The van der Waals surface area contributed by atoms with E-state index in [2.05, 4.69) is 34.0 Å². The molecule has 0 spiro atoms. The molecular formula is C13H22N4. The van der Waals surface area contributed by atoms with Gasteiger partial charge in [0, 0.05) is 25.3 Å². The van der Waals surface area contributed by atoms with Crippen LogP contribution in [0.15, 0.2) is 12.3 Å². The lowest BCUT2D eigenvalue weighted by Crippen LogP contribution is -2.31. The van der Waals surface area contributed by atoms with Crippen LogP contribution >= 0.6 is 0 Å². The first-order chi connectivity index (χ1) is 8.29. The molecule has 0 radical (unpaired) electrons. The Bertz CT molecular complexity index is 347. The van der Waals surface area contributed by atoms with Gasteiger partial charge in [-0.2, -0.15) is 4.98 Å². The van der Waals surface area contributed by atoms with Crippen LogP contribution in [-0.2, 0) is 0 Å². The van der Waals surface area contributed by atoms with Gasteiger partial charge < -0.3 is 10.2 Å². The van der Waals surface area contributed by atoms with Gasteiger partial charge in [-0.05, 0) is 38.7 Å². The van der Waals surface area contributed by atoms with Crippen LogP contribution in [0.25, 0.3) is 0 Å². The minimum atomic E-state index is 0.458. The summed E-state index contributed by atoms with van der Waals surface area (Å²) in [4.78, 5) is 11.2. The molecule has 1 aromatic rings. The van der Waals surface area contributed by atoms with Gasteiger partial charge in [-0.3, -0.25) is 0 Å². The molecule has 2 heterocycles. The lowest BCUT2D eigenvalue weighted by molar-refractivity contribution is 0.568. The monoisotopic (exact) mass is 234 g/mol. The van der Waals surface area contributed by atoms with Crippen molar-refractivity contribution in [1.29, 1.82) is 0 Å². The highest BCUT2D eigenvalue weighted by Crippen LogP contribution is 2.17. The lowest BCUT2D eigenvalue weighted by Gasteiger charge is -2.26. The van der Waals surface area contributed by atoms with Crippen LogP contribution in [0.1, 0.15) is 39.5 Å². The van der Waals surface area contributed by atoms with Crippen molar-refractivity contribution in [2.75, 3.05) is 23.3 Å². The predicted octanol–water partition coefficient (Wildman–Crippen LogP) is 2.68. The standard InChI is InChI=1S/C13H22N4/c1-3-11(2)15-12-7-8-14-13(16-12)17-9-5-4-6-10-17/h7-8,11H,3-6,9-10H2,1-2H3,(H,14,15,16). The zero-order valence-electron chi connectivity index (χ0n) is 10.8. The maximum absolute atomic E-state index is 4.59. The third-order valence-corrected chi connectivity index (χ3v) is 3.29. The molecule has 4 heteroatoms. The highest BCUT2D eigenvalue weighted by molar-refractivity contribution is 5.41. The van der Waals surface area contributed by atoms with Gasteiger partial charge in [0.2, 0.25) is 5.95 Å². The van der Waals surface area contributed by atoms with Crippen molar-refractivity contribution in [3.63, 3.8) is 0 Å². The maximum atomic E-state index is 4.59. The van der Waals surface area contributed by atoms with Crippen molar-refractivity contribution >= 4 is 11.8 Å². The van der Waals surface area contributed by atoms with E-state index in [4.69, 9.17) is 0 Å². The van der Waals surface area contributed by atoms with E-state index in [0.29, 0.717) is 6.04 Å².